The minimum absolute atomic E-state index is 0.0557. The van der Waals surface area contributed by atoms with Crippen LogP contribution in [0.1, 0.15) is 16.7 Å². The third-order valence-corrected chi connectivity index (χ3v) is 8.24. The van der Waals surface area contributed by atoms with Crippen LogP contribution in [0.15, 0.2) is 119 Å². The van der Waals surface area contributed by atoms with E-state index in [1.165, 1.54) is 11.8 Å². The number of halogens is 2. The number of thioether (sulfide) groups is 1. The second-order valence-electron chi connectivity index (χ2n) is 9.20. The summed E-state index contributed by atoms with van der Waals surface area (Å²) in [5.74, 6) is -0.0557. The van der Waals surface area contributed by atoms with Crippen LogP contribution < -0.4 is 0 Å². The van der Waals surface area contributed by atoms with Gasteiger partial charge in [0.25, 0.3) is 5.91 Å². The molecule has 39 heavy (non-hydrogen) atoms. The van der Waals surface area contributed by atoms with Crippen LogP contribution in [0, 0.1) is 0 Å². The van der Waals surface area contributed by atoms with E-state index in [2.05, 4.69) is 22.9 Å². The van der Waals surface area contributed by atoms with E-state index in [4.69, 9.17) is 28.2 Å². The summed E-state index contributed by atoms with van der Waals surface area (Å²) >= 11 is 13.8. The molecule has 4 aromatic carbocycles. The van der Waals surface area contributed by atoms with Crippen molar-refractivity contribution in [1.82, 2.24) is 9.47 Å². The zero-order valence-corrected chi connectivity index (χ0v) is 23.1. The van der Waals surface area contributed by atoms with E-state index < -0.39 is 0 Å². The maximum atomic E-state index is 13.7. The molecule has 2 heterocycles. The standard InChI is InChI=1S/C32H23Cl2N3OS/c33-27-16-15-23(17-28(27)34)19-36-21-24(26-13-7-8-14-29(26)36)18-30-31(38)37(20-22-9-3-1-4-10-22)32(39-30)35-25-11-5-2-6-12-25/h1-18,21H,19-20H2/b30-18+,35-32?. The Morgan fingerprint density at radius 3 is 2.26 bits per heavy atom. The monoisotopic (exact) mass is 567 g/mol. The molecule has 7 heteroatoms. The minimum atomic E-state index is -0.0557. The molecule has 0 spiro atoms. The molecule has 0 bridgehead atoms. The van der Waals surface area contributed by atoms with Gasteiger partial charge in [0.1, 0.15) is 0 Å². The smallest absolute Gasteiger partial charge is 0.267 e. The topological polar surface area (TPSA) is 37.6 Å². The number of fused-ring (bicyclic) bond motifs is 1. The van der Waals surface area contributed by atoms with Gasteiger partial charge in [-0.1, -0.05) is 96.0 Å². The fourth-order valence-corrected chi connectivity index (χ4v) is 5.92. The summed E-state index contributed by atoms with van der Waals surface area (Å²) in [6.07, 6.45) is 4.06. The summed E-state index contributed by atoms with van der Waals surface area (Å²) < 4.78 is 2.17. The number of benzene rings is 4. The fraction of sp³-hybridized carbons (Fsp3) is 0.0625. The van der Waals surface area contributed by atoms with Crippen molar-refractivity contribution in [3.63, 3.8) is 0 Å². The van der Waals surface area contributed by atoms with Gasteiger partial charge in [-0.2, -0.15) is 0 Å². The lowest BCUT2D eigenvalue weighted by molar-refractivity contribution is -0.122. The Morgan fingerprint density at radius 2 is 1.49 bits per heavy atom. The predicted octanol–water partition coefficient (Wildman–Crippen LogP) is 8.80. The SMILES string of the molecule is O=C1/C(=C\c2cn(Cc3ccc(Cl)c(Cl)c3)c3ccccc23)SC(=Nc2ccccc2)N1Cc1ccccc1. The van der Waals surface area contributed by atoms with E-state index in [0.29, 0.717) is 33.2 Å². The van der Waals surface area contributed by atoms with Crippen LogP contribution >= 0.6 is 35.0 Å². The number of amidine groups is 1. The highest BCUT2D eigenvalue weighted by Gasteiger charge is 2.33. The Kier molecular flexibility index (Phi) is 7.29. The summed E-state index contributed by atoms with van der Waals surface area (Å²) in [5.41, 5.74) is 4.95. The number of para-hydroxylation sites is 2. The summed E-state index contributed by atoms with van der Waals surface area (Å²) in [4.78, 5) is 21.0. The number of hydrogen-bond donors (Lipinski definition) is 0. The second kappa shape index (κ2) is 11.1. The van der Waals surface area contributed by atoms with Crippen LogP contribution in [0.2, 0.25) is 10.0 Å². The van der Waals surface area contributed by atoms with Gasteiger partial charge in [0.15, 0.2) is 5.17 Å². The van der Waals surface area contributed by atoms with Gasteiger partial charge in [-0.05, 0) is 59.3 Å². The molecule has 0 atom stereocenters. The second-order valence-corrected chi connectivity index (χ2v) is 11.0. The molecule has 1 saturated heterocycles. The first kappa shape index (κ1) is 25.5. The molecule has 0 N–H and O–H groups in total. The van der Waals surface area contributed by atoms with E-state index in [9.17, 15) is 4.79 Å². The Bertz CT molecular complexity index is 1730. The Morgan fingerprint density at radius 1 is 0.769 bits per heavy atom. The van der Waals surface area contributed by atoms with Crippen molar-refractivity contribution in [2.24, 2.45) is 4.99 Å². The normalized spacial score (nSPS) is 15.6. The quantitative estimate of drug-likeness (QED) is 0.192. The zero-order chi connectivity index (χ0) is 26.8. The van der Waals surface area contributed by atoms with E-state index >= 15 is 0 Å². The van der Waals surface area contributed by atoms with E-state index in [1.807, 2.05) is 97.1 Å². The highest BCUT2D eigenvalue weighted by molar-refractivity contribution is 8.18. The van der Waals surface area contributed by atoms with Crippen LogP contribution in [0.25, 0.3) is 17.0 Å². The molecule has 4 nitrogen and oxygen atoms in total. The van der Waals surface area contributed by atoms with Crippen LogP contribution in [-0.2, 0) is 17.9 Å². The van der Waals surface area contributed by atoms with Crippen molar-refractivity contribution in [1.29, 1.82) is 0 Å². The largest absolute Gasteiger partial charge is 0.342 e. The number of amides is 1. The summed E-state index contributed by atoms with van der Waals surface area (Å²) in [5, 5.41) is 2.81. The molecule has 0 unspecified atom stereocenters. The highest BCUT2D eigenvalue weighted by Crippen LogP contribution is 2.37. The van der Waals surface area contributed by atoms with Gasteiger partial charge in [0.05, 0.1) is 27.2 Å². The average molecular weight is 569 g/mol. The number of nitrogens with zero attached hydrogens (tertiary/aromatic N) is 3. The first-order valence-corrected chi connectivity index (χ1v) is 14.0. The first-order chi connectivity index (χ1) is 19.0. The van der Waals surface area contributed by atoms with Gasteiger partial charge >= 0.3 is 0 Å². The molecule has 5 aromatic rings. The number of aliphatic imine (C=N–C) groups is 1. The summed E-state index contributed by atoms with van der Waals surface area (Å²) in [7, 11) is 0. The molecular weight excluding hydrogens is 545 g/mol. The van der Waals surface area contributed by atoms with E-state index in [1.54, 1.807) is 4.90 Å². The summed E-state index contributed by atoms with van der Waals surface area (Å²) in [6, 6.07) is 33.6. The van der Waals surface area contributed by atoms with E-state index in [0.717, 1.165) is 33.3 Å². The Hall–Kier alpha value is -3.77. The lowest BCUT2D eigenvalue weighted by Gasteiger charge is -2.15. The van der Waals surface area contributed by atoms with Gasteiger partial charge in [-0.15, -0.1) is 0 Å². The summed E-state index contributed by atoms with van der Waals surface area (Å²) in [6.45, 7) is 1.08. The molecule has 1 aromatic heterocycles. The minimum Gasteiger partial charge on any atom is -0.342 e. The van der Waals surface area contributed by atoms with Gasteiger partial charge in [-0.25, -0.2) is 4.99 Å². The number of hydrogen-bond acceptors (Lipinski definition) is 3. The zero-order valence-electron chi connectivity index (χ0n) is 20.8. The highest BCUT2D eigenvalue weighted by atomic mass is 35.5. The van der Waals surface area contributed by atoms with Gasteiger partial charge in [-0.3, -0.25) is 9.69 Å². The lowest BCUT2D eigenvalue weighted by Crippen LogP contribution is -2.28. The molecule has 0 saturated carbocycles. The van der Waals surface area contributed by atoms with Crippen LogP contribution in [0.4, 0.5) is 5.69 Å². The van der Waals surface area contributed by atoms with Gasteiger partial charge < -0.3 is 4.57 Å². The molecule has 1 aliphatic heterocycles. The van der Waals surface area contributed by atoms with Crippen molar-refractivity contribution in [3.05, 3.63) is 141 Å². The molecule has 6 rings (SSSR count). The predicted molar refractivity (Wildman–Crippen MR) is 164 cm³/mol. The molecule has 0 aliphatic carbocycles. The van der Waals surface area contributed by atoms with E-state index in [-0.39, 0.29) is 5.91 Å². The maximum absolute atomic E-state index is 13.7. The van der Waals surface area contributed by atoms with Gasteiger partial charge in [0, 0.05) is 29.2 Å². The third-order valence-electron chi connectivity index (χ3n) is 6.50. The molecule has 1 aliphatic rings. The van der Waals surface area contributed by atoms with Crippen molar-refractivity contribution < 1.29 is 4.79 Å². The molecular formula is C32H23Cl2N3OS. The molecule has 192 valence electrons. The molecule has 1 fully saturated rings. The van der Waals surface area contributed by atoms with Crippen molar-refractivity contribution in [2.75, 3.05) is 0 Å². The van der Waals surface area contributed by atoms with Crippen LogP contribution in [0.3, 0.4) is 0 Å². The average Bonchev–Trinajstić information content (AvgIpc) is 3.44. The molecule has 1 amide bonds. The first-order valence-electron chi connectivity index (χ1n) is 12.5. The Labute approximate surface area is 241 Å². The van der Waals surface area contributed by atoms with Crippen molar-refractivity contribution in [2.45, 2.75) is 13.1 Å². The van der Waals surface area contributed by atoms with Crippen molar-refractivity contribution >= 4 is 68.7 Å². The maximum Gasteiger partial charge on any atom is 0.267 e. The molecule has 0 radical (unpaired) electrons. The Balaban J connectivity index is 1.38. The van der Waals surface area contributed by atoms with Crippen molar-refractivity contribution in [3.8, 4) is 0 Å². The van der Waals surface area contributed by atoms with Crippen LogP contribution in [-0.4, -0.2) is 20.5 Å². The van der Waals surface area contributed by atoms with Crippen LogP contribution in [0.5, 0.6) is 0 Å². The number of rotatable bonds is 6. The number of aromatic nitrogens is 1. The van der Waals surface area contributed by atoms with Gasteiger partial charge in [0.2, 0.25) is 0 Å². The third kappa shape index (κ3) is 5.52. The fourth-order valence-electron chi connectivity index (χ4n) is 4.61. The lowest BCUT2D eigenvalue weighted by atomic mass is 10.1. The number of carbonyl (C=O) groups is 1. The number of carbonyl (C=O) groups excluding carboxylic acids is 1.